The number of Topliss-reactive ketones (excluding diaryl/α,β-unsaturated/α-hetero) is 1. The van der Waals surface area contributed by atoms with E-state index in [1.54, 1.807) is 6.07 Å². The topological polar surface area (TPSA) is 125 Å². The first-order valence-electron chi connectivity index (χ1n) is 6.42. The Kier molecular flexibility index (Phi) is 5.18. The van der Waals surface area contributed by atoms with Crippen LogP contribution in [0.25, 0.3) is 0 Å². The molecular formula is C13H16N4O4. The summed E-state index contributed by atoms with van der Waals surface area (Å²) in [4.78, 5) is 48.6. The third-order valence-electron chi connectivity index (χ3n) is 2.96. The van der Waals surface area contributed by atoms with Gasteiger partial charge in [-0.05, 0) is 13.3 Å². The molecule has 0 aromatic rings. The molecule has 1 saturated heterocycles. The van der Waals surface area contributed by atoms with Gasteiger partial charge in [-0.1, -0.05) is 13.3 Å². The minimum atomic E-state index is -1.06. The molecule has 0 atom stereocenters. The van der Waals surface area contributed by atoms with Gasteiger partial charge in [-0.2, -0.15) is 5.26 Å². The zero-order valence-electron chi connectivity index (χ0n) is 11.9. The van der Waals surface area contributed by atoms with Crippen LogP contribution in [-0.4, -0.2) is 46.5 Å². The van der Waals surface area contributed by atoms with Crippen LogP contribution in [0.2, 0.25) is 0 Å². The average Bonchev–Trinajstić information content (AvgIpc) is 2.61. The number of carbonyl (C=O) groups is 4. The number of urea groups is 1. The van der Waals surface area contributed by atoms with Crippen LogP contribution < -0.4 is 5.73 Å². The van der Waals surface area contributed by atoms with Gasteiger partial charge in [-0.25, -0.2) is 9.69 Å². The molecule has 0 unspecified atom stereocenters. The Hall–Kier alpha value is -2.69. The molecule has 21 heavy (non-hydrogen) atoms. The second-order valence-corrected chi connectivity index (χ2v) is 4.58. The number of carbonyl (C=O) groups excluding carboxylic acids is 4. The van der Waals surface area contributed by atoms with E-state index in [1.165, 1.54) is 6.92 Å². The highest BCUT2D eigenvalue weighted by Gasteiger charge is 2.44. The van der Waals surface area contributed by atoms with Gasteiger partial charge < -0.3 is 5.73 Å². The van der Waals surface area contributed by atoms with Gasteiger partial charge in [0.2, 0.25) is 0 Å². The molecule has 8 heteroatoms. The van der Waals surface area contributed by atoms with E-state index >= 15 is 0 Å². The predicted molar refractivity (Wildman–Crippen MR) is 71.2 cm³/mol. The van der Waals surface area contributed by atoms with E-state index in [-0.39, 0.29) is 17.8 Å². The highest BCUT2D eigenvalue weighted by Crippen LogP contribution is 2.14. The van der Waals surface area contributed by atoms with Crippen molar-refractivity contribution in [3.8, 4) is 6.07 Å². The molecule has 0 bridgehead atoms. The van der Waals surface area contributed by atoms with Crippen molar-refractivity contribution in [2.75, 3.05) is 13.1 Å². The molecule has 1 rings (SSSR count). The molecule has 0 radical (unpaired) electrons. The summed E-state index contributed by atoms with van der Waals surface area (Å²) in [7, 11) is 0. The Morgan fingerprint density at radius 1 is 1.24 bits per heavy atom. The maximum Gasteiger partial charge on any atom is 0.334 e. The number of unbranched alkanes of at least 4 members (excludes halogenated alkanes) is 1. The van der Waals surface area contributed by atoms with Crippen molar-refractivity contribution in [2.45, 2.75) is 26.7 Å². The third-order valence-corrected chi connectivity index (χ3v) is 2.96. The van der Waals surface area contributed by atoms with E-state index in [0.717, 1.165) is 11.3 Å². The van der Waals surface area contributed by atoms with Crippen LogP contribution in [0.5, 0.6) is 0 Å². The number of rotatable bonds is 6. The van der Waals surface area contributed by atoms with Crippen LogP contribution in [-0.2, 0) is 14.4 Å². The molecule has 4 amide bonds. The lowest BCUT2D eigenvalue weighted by atomic mass is 10.1. The molecule has 2 N–H and O–H groups in total. The predicted octanol–water partition coefficient (Wildman–Crippen LogP) is -0.0973. The zero-order valence-corrected chi connectivity index (χ0v) is 11.9. The molecule has 1 aliphatic heterocycles. The summed E-state index contributed by atoms with van der Waals surface area (Å²) in [5, 5.41) is 8.82. The van der Waals surface area contributed by atoms with Crippen molar-refractivity contribution in [1.82, 2.24) is 9.80 Å². The quantitative estimate of drug-likeness (QED) is 0.315. The maximum atomic E-state index is 12.0. The average molecular weight is 292 g/mol. The van der Waals surface area contributed by atoms with Gasteiger partial charge in [0.15, 0.2) is 5.78 Å². The van der Waals surface area contributed by atoms with E-state index < -0.39 is 30.2 Å². The molecule has 0 aliphatic carbocycles. The van der Waals surface area contributed by atoms with Crippen LogP contribution in [0.15, 0.2) is 11.3 Å². The summed E-state index contributed by atoms with van der Waals surface area (Å²) >= 11 is 0. The second-order valence-electron chi connectivity index (χ2n) is 4.58. The minimum Gasteiger partial charge on any atom is -0.401 e. The molecule has 0 aromatic heterocycles. The van der Waals surface area contributed by atoms with E-state index in [4.69, 9.17) is 11.0 Å². The van der Waals surface area contributed by atoms with Gasteiger partial charge >= 0.3 is 17.8 Å². The summed E-state index contributed by atoms with van der Waals surface area (Å²) in [5.41, 5.74) is 5.05. The van der Waals surface area contributed by atoms with Gasteiger partial charge in [0.05, 0.1) is 6.54 Å². The van der Waals surface area contributed by atoms with Crippen LogP contribution in [0.4, 0.5) is 4.79 Å². The third kappa shape index (κ3) is 3.25. The van der Waals surface area contributed by atoms with Crippen LogP contribution in [0.3, 0.4) is 0 Å². The normalized spacial score (nSPS) is 16.1. The van der Waals surface area contributed by atoms with Crippen molar-refractivity contribution in [1.29, 1.82) is 5.26 Å². The summed E-state index contributed by atoms with van der Waals surface area (Å²) in [6.45, 7) is 2.70. The number of nitrogens with two attached hydrogens (primary N) is 1. The smallest absolute Gasteiger partial charge is 0.334 e. The first kappa shape index (κ1) is 16.4. The van der Waals surface area contributed by atoms with Crippen molar-refractivity contribution >= 4 is 23.6 Å². The lowest BCUT2D eigenvalue weighted by molar-refractivity contribution is -0.143. The van der Waals surface area contributed by atoms with E-state index in [2.05, 4.69) is 0 Å². The fraction of sp³-hybridized carbons (Fsp3) is 0.462. The van der Waals surface area contributed by atoms with E-state index in [0.29, 0.717) is 11.3 Å². The molecular weight excluding hydrogens is 276 g/mol. The summed E-state index contributed by atoms with van der Waals surface area (Å²) in [6.07, 6.45) is 1.32. The Labute approximate surface area is 121 Å². The first-order valence-corrected chi connectivity index (χ1v) is 6.42. The standard InChI is InChI=1S/C13H16N4O4/c1-3-4-5-16-11(19)12(20)17(13(16)21)7-10(18)9(6-14)8(2)15/h3-5,7,15H2,1-2H3/b9-8+. The molecule has 112 valence electrons. The summed E-state index contributed by atoms with van der Waals surface area (Å²) in [5.74, 6) is -2.78. The lowest BCUT2D eigenvalue weighted by Gasteiger charge is -2.14. The Morgan fingerprint density at radius 3 is 2.29 bits per heavy atom. The number of ketones is 1. The number of nitrogens with zero attached hydrogens (tertiary/aromatic N) is 3. The van der Waals surface area contributed by atoms with Gasteiger partial charge in [0.1, 0.15) is 11.6 Å². The molecule has 0 saturated carbocycles. The molecule has 8 nitrogen and oxygen atoms in total. The zero-order chi connectivity index (χ0) is 16.2. The Bertz CT molecular complexity index is 569. The van der Waals surface area contributed by atoms with Crippen molar-refractivity contribution in [2.24, 2.45) is 5.73 Å². The fourth-order valence-corrected chi connectivity index (χ4v) is 1.80. The molecule has 0 aromatic carbocycles. The second kappa shape index (κ2) is 6.65. The van der Waals surface area contributed by atoms with Gasteiger partial charge in [0, 0.05) is 12.2 Å². The van der Waals surface area contributed by atoms with E-state index in [9.17, 15) is 19.2 Å². The van der Waals surface area contributed by atoms with E-state index in [1.807, 2.05) is 6.92 Å². The van der Waals surface area contributed by atoms with Crippen LogP contribution in [0.1, 0.15) is 26.7 Å². The largest absolute Gasteiger partial charge is 0.401 e. The Balaban J connectivity index is 2.91. The molecule has 1 heterocycles. The SMILES string of the molecule is CCCCN1C(=O)C(=O)N(CC(=O)/C(C#N)=C(\C)N)C1=O. The number of hydrogen-bond donors (Lipinski definition) is 1. The molecule has 0 spiro atoms. The number of nitriles is 1. The van der Waals surface area contributed by atoms with Gasteiger partial charge in [-0.3, -0.25) is 19.3 Å². The summed E-state index contributed by atoms with van der Waals surface area (Å²) < 4.78 is 0. The Morgan fingerprint density at radius 2 is 1.81 bits per heavy atom. The molecule has 1 aliphatic rings. The van der Waals surface area contributed by atoms with Gasteiger partial charge in [-0.15, -0.1) is 0 Å². The number of imide groups is 2. The van der Waals surface area contributed by atoms with Crippen LogP contribution in [0, 0.1) is 11.3 Å². The minimum absolute atomic E-state index is 0.00393. The highest BCUT2D eigenvalue weighted by atomic mass is 16.2. The fourth-order valence-electron chi connectivity index (χ4n) is 1.80. The molecule has 1 fully saturated rings. The lowest BCUT2D eigenvalue weighted by Crippen LogP contribution is -2.37. The van der Waals surface area contributed by atoms with Crippen LogP contribution >= 0.6 is 0 Å². The van der Waals surface area contributed by atoms with Crippen molar-refractivity contribution in [3.63, 3.8) is 0 Å². The van der Waals surface area contributed by atoms with Gasteiger partial charge in [0.25, 0.3) is 0 Å². The van der Waals surface area contributed by atoms with Crippen molar-refractivity contribution in [3.05, 3.63) is 11.3 Å². The number of allylic oxidation sites excluding steroid dienone is 1. The van der Waals surface area contributed by atoms with Crippen molar-refractivity contribution < 1.29 is 19.2 Å². The summed E-state index contributed by atoms with van der Waals surface area (Å²) in [6, 6.07) is 0.784. The number of hydrogen-bond acceptors (Lipinski definition) is 6. The monoisotopic (exact) mass is 292 g/mol. The number of amides is 4. The highest BCUT2D eigenvalue weighted by molar-refractivity contribution is 6.45. The maximum absolute atomic E-state index is 12.0. The first-order chi connectivity index (χ1) is 9.84.